The Labute approximate surface area is 96.7 Å². The van der Waals surface area contributed by atoms with E-state index < -0.39 is 0 Å². The van der Waals surface area contributed by atoms with Crippen LogP contribution in [-0.4, -0.2) is 16.0 Å². The first-order chi connectivity index (χ1) is 7.77. The molecule has 1 unspecified atom stereocenters. The molecule has 86 valence electrons. The highest BCUT2D eigenvalue weighted by molar-refractivity contribution is 5.47. The zero-order valence-corrected chi connectivity index (χ0v) is 9.90. The van der Waals surface area contributed by atoms with Crippen LogP contribution in [-0.2, 0) is 0 Å². The molecule has 1 heterocycles. The number of nitrogens with zero attached hydrogens (tertiary/aromatic N) is 3. The fourth-order valence-electron chi connectivity index (χ4n) is 1.53. The molecule has 0 fully saturated rings. The van der Waals surface area contributed by atoms with Gasteiger partial charge in [0.1, 0.15) is 6.07 Å². The molecular formula is C12H18N4. The Hall–Kier alpha value is -1.63. The lowest BCUT2D eigenvalue weighted by Crippen LogP contribution is -2.17. The van der Waals surface area contributed by atoms with Crippen LogP contribution in [0.5, 0.6) is 0 Å². The van der Waals surface area contributed by atoms with Crippen molar-refractivity contribution in [2.24, 2.45) is 0 Å². The summed E-state index contributed by atoms with van der Waals surface area (Å²) in [6.07, 6.45) is 7.90. The molecule has 0 aromatic carbocycles. The number of nitrogens with one attached hydrogen (secondary N) is 1. The maximum Gasteiger partial charge on any atom is 0.182 e. The molecule has 0 spiro atoms. The molecule has 4 nitrogen and oxygen atoms in total. The zero-order chi connectivity index (χ0) is 11.8. The predicted molar refractivity (Wildman–Crippen MR) is 64.0 cm³/mol. The average molecular weight is 218 g/mol. The minimum Gasteiger partial charge on any atom is -0.365 e. The van der Waals surface area contributed by atoms with Crippen LogP contribution in [0.3, 0.4) is 0 Å². The molecular weight excluding hydrogens is 200 g/mol. The van der Waals surface area contributed by atoms with Gasteiger partial charge in [-0.15, -0.1) is 0 Å². The largest absolute Gasteiger partial charge is 0.365 e. The Kier molecular flexibility index (Phi) is 5.27. The van der Waals surface area contributed by atoms with Gasteiger partial charge in [0.15, 0.2) is 11.5 Å². The van der Waals surface area contributed by atoms with Crippen LogP contribution in [0.15, 0.2) is 12.4 Å². The zero-order valence-electron chi connectivity index (χ0n) is 9.90. The smallest absolute Gasteiger partial charge is 0.182 e. The van der Waals surface area contributed by atoms with Crippen molar-refractivity contribution in [3.63, 3.8) is 0 Å². The van der Waals surface area contributed by atoms with Crippen LogP contribution in [0, 0.1) is 11.3 Å². The van der Waals surface area contributed by atoms with E-state index in [2.05, 4.69) is 29.1 Å². The lowest BCUT2D eigenvalue weighted by atomic mass is 10.1. The van der Waals surface area contributed by atoms with E-state index in [4.69, 9.17) is 5.26 Å². The number of unbranched alkanes of at least 4 members (excludes halogenated alkanes) is 2. The number of nitriles is 1. The number of anilines is 1. The van der Waals surface area contributed by atoms with Gasteiger partial charge in [-0.1, -0.05) is 26.2 Å². The molecule has 0 amide bonds. The molecule has 1 N–H and O–H groups in total. The minimum atomic E-state index is 0.329. The van der Waals surface area contributed by atoms with Gasteiger partial charge >= 0.3 is 0 Å². The lowest BCUT2D eigenvalue weighted by molar-refractivity contribution is 0.613. The first kappa shape index (κ1) is 12.4. The Morgan fingerprint density at radius 1 is 1.38 bits per heavy atom. The van der Waals surface area contributed by atoms with Crippen molar-refractivity contribution in [1.82, 2.24) is 9.97 Å². The van der Waals surface area contributed by atoms with E-state index in [1.54, 1.807) is 6.20 Å². The molecule has 1 rings (SSSR count). The van der Waals surface area contributed by atoms with Crippen LogP contribution in [0.2, 0.25) is 0 Å². The maximum absolute atomic E-state index is 8.85. The molecule has 0 saturated carbocycles. The normalized spacial score (nSPS) is 11.8. The highest BCUT2D eigenvalue weighted by Crippen LogP contribution is 2.11. The van der Waals surface area contributed by atoms with Gasteiger partial charge < -0.3 is 5.32 Å². The molecule has 4 heteroatoms. The molecule has 0 saturated heterocycles. The maximum atomic E-state index is 8.85. The van der Waals surface area contributed by atoms with E-state index in [1.807, 2.05) is 6.07 Å². The molecule has 0 bridgehead atoms. The van der Waals surface area contributed by atoms with Crippen LogP contribution in [0.4, 0.5) is 5.82 Å². The Morgan fingerprint density at radius 2 is 2.12 bits per heavy atom. The highest BCUT2D eigenvalue weighted by atomic mass is 15.0. The van der Waals surface area contributed by atoms with E-state index in [-0.39, 0.29) is 0 Å². The Balaban J connectivity index is 2.49. The van der Waals surface area contributed by atoms with Gasteiger partial charge in [0.05, 0.1) is 0 Å². The fourth-order valence-corrected chi connectivity index (χ4v) is 1.53. The third kappa shape index (κ3) is 3.85. The summed E-state index contributed by atoms with van der Waals surface area (Å²) in [5.41, 5.74) is 0.366. The molecule has 0 aliphatic carbocycles. The van der Waals surface area contributed by atoms with Gasteiger partial charge in [0, 0.05) is 18.4 Å². The third-order valence-electron chi connectivity index (χ3n) is 2.43. The molecule has 1 atom stereocenters. The topological polar surface area (TPSA) is 61.6 Å². The standard InChI is InChI=1S/C12H18N4/c1-3-4-5-6-10(2)16-12-11(9-13)14-7-8-15-12/h7-8,10H,3-6H2,1-2H3,(H,15,16). The van der Waals surface area contributed by atoms with Crippen LogP contribution in [0.1, 0.15) is 45.2 Å². The van der Waals surface area contributed by atoms with Crippen LogP contribution < -0.4 is 5.32 Å². The summed E-state index contributed by atoms with van der Waals surface area (Å²) in [4.78, 5) is 8.08. The van der Waals surface area contributed by atoms with Crippen molar-refractivity contribution in [2.45, 2.75) is 45.6 Å². The van der Waals surface area contributed by atoms with Gasteiger partial charge in [-0.25, -0.2) is 9.97 Å². The average Bonchev–Trinajstić information content (AvgIpc) is 2.30. The number of hydrogen-bond acceptors (Lipinski definition) is 4. The monoisotopic (exact) mass is 218 g/mol. The van der Waals surface area contributed by atoms with Crippen LogP contribution >= 0.6 is 0 Å². The molecule has 1 aromatic heterocycles. The minimum absolute atomic E-state index is 0.329. The van der Waals surface area contributed by atoms with E-state index >= 15 is 0 Å². The van der Waals surface area contributed by atoms with Gasteiger partial charge in [0.2, 0.25) is 0 Å². The Morgan fingerprint density at radius 3 is 2.81 bits per heavy atom. The van der Waals surface area contributed by atoms with Gasteiger partial charge in [-0.2, -0.15) is 5.26 Å². The quantitative estimate of drug-likeness (QED) is 0.746. The van der Waals surface area contributed by atoms with E-state index in [0.717, 1.165) is 6.42 Å². The van der Waals surface area contributed by atoms with Crippen molar-refractivity contribution in [3.8, 4) is 6.07 Å². The van der Waals surface area contributed by atoms with Crippen molar-refractivity contribution in [3.05, 3.63) is 18.1 Å². The lowest BCUT2D eigenvalue weighted by Gasteiger charge is -2.14. The second kappa shape index (κ2) is 6.78. The van der Waals surface area contributed by atoms with Crippen molar-refractivity contribution < 1.29 is 0 Å². The molecule has 0 radical (unpaired) electrons. The molecule has 0 aliphatic rings. The summed E-state index contributed by atoms with van der Waals surface area (Å²) < 4.78 is 0. The van der Waals surface area contributed by atoms with Crippen LogP contribution in [0.25, 0.3) is 0 Å². The third-order valence-corrected chi connectivity index (χ3v) is 2.43. The Bertz CT molecular complexity index is 356. The van der Waals surface area contributed by atoms with Crippen molar-refractivity contribution in [2.75, 3.05) is 5.32 Å². The van der Waals surface area contributed by atoms with E-state index in [1.165, 1.54) is 25.5 Å². The highest BCUT2D eigenvalue weighted by Gasteiger charge is 2.07. The molecule has 0 aliphatic heterocycles. The van der Waals surface area contributed by atoms with Gasteiger partial charge in [-0.3, -0.25) is 0 Å². The van der Waals surface area contributed by atoms with Crippen molar-refractivity contribution >= 4 is 5.82 Å². The summed E-state index contributed by atoms with van der Waals surface area (Å²) in [7, 11) is 0. The summed E-state index contributed by atoms with van der Waals surface area (Å²) in [5.74, 6) is 0.592. The van der Waals surface area contributed by atoms with E-state index in [0.29, 0.717) is 17.6 Å². The summed E-state index contributed by atoms with van der Waals surface area (Å²) in [6, 6.07) is 2.36. The number of aromatic nitrogens is 2. The summed E-state index contributed by atoms with van der Waals surface area (Å²) >= 11 is 0. The summed E-state index contributed by atoms with van der Waals surface area (Å²) in [5, 5.41) is 12.1. The van der Waals surface area contributed by atoms with Crippen molar-refractivity contribution in [1.29, 1.82) is 5.26 Å². The first-order valence-corrected chi connectivity index (χ1v) is 5.75. The van der Waals surface area contributed by atoms with Gasteiger partial charge in [-0.05, 0) is 13.3 Å². The SMILES string of the molecule is CCCCCC(C)Nc1nccnc1C#N. The number of hydrogen-bond donors (Lipinski definition) is 1. The predicted octanol–water partition coefficient (Wildman–Crippen LogP) is 2.73. The molecule has 16 heavy (non-hydrogen) atoms. The fraction of sp³-hybridized carbons (Fsp3) is 0.583. The second-order valence-electron chi connectivity index (χ2n) is 3.91. The van der Waals surface area contributed by atoms with Gasteiger partial charge in [0.25, 0.3) is 0 Å². The second-order valence-corrected chi connectivity index (χ2v) is 3.91. The first-order valence-electron chi connectivity index (χ1n) is 5.75. The molecule has 1 aromatic rings. The van der Waals surface area contributed by atoms with E-state index in [9.17, 15) is 0 Å². The number of rotatable bonds is 6. The summed E-state index contributed by atoms with van der Waals surface area (Å²) in [6.45, 7) is 4.29.